The normalized spacial score (nSPS) is 10.9. The standard InChI is InChI=1S/C24H21FN4O4/c1-14-11-15(2)26-22-21(14)23(31)28(13-20(30)27-17-8-6-7-16(25)12-17)24(32)29(22)18-9-4-5-10-19(18)33-3/h4-12H,13H2,1-3H3,(H,27,30). The maximum absolute atomic E-state index is 13.5. The van der Waals surface area contributed by atoms with Gasteiger partial charge in [0.2, 0.25) is 5.91 Å². The first-order valence-corrected chi connectivity index (χ1v) is 10.1. The molecule has 9 heteroatoms. The molecule has 0 bridgehead atoms. The summed E-state index contributed by atoms with van der Waals surface area (Å²) in [4.78, 5) is 43.9. The van der Waals surface area contributed by atoms with Gasteiger partial charge in [-0.3, -0.25) is 9.59 Å². The minimum Gasteiger partial charge on any atom is -0.495 e. The van der Waals surface area contributed by atoms with E-state index in [1.165, 1.54) is 29.9 Å². The molecule has 2 aromatic carbocycles. The fourth-order valence-corrected chi connectivity index (χ4v) is 3.76. The number of aromatic nitrogens is 3. The molecule has 0 unspecified atom stereocenters. The Balaban J connectivity index is 1.93. The fraction of sp³-hybridized carbons (Fsp3) is 0.167. The number of para-hydroxylation sites is 2. The molecule has 8 nitrogen and oxygen atoms in total. The van der Waals surface area contributed by atoms with E-state index in [1.807, 2.05) is 0 Å². The Hall–Kier alpha value is -4.27. The summed E-state index contributed by atoms with van der Waals surface area (Å²) >= 11 is 0. The molecule has 0 aliphatic heterocycles. The Bertz CT molecular complexity index is 1510. The highest BCUT2D eigenvalue weighted by Gasteiger charge is 2.21. The Kier molecular flexibility index (Phi) is 5.78. The minimum absolute atomic E-state index is 0.175. The third-order valence-corrected chi connectivity index (χ3v) is 5.15. The van der Waals surface area contributed by atoms with Crippen LogP contribution in [0.5, 0.6) is 5.75 Å². The van der Waals surface area contributed by atoms with Gasteiger partial charge in [0.15, 0.2) is 5.65 Å². The van der Waals surface area contributed by atoms with Crippen molar-refractivity contribution in [3.63, 3.8) is 0 Å². The molecule has 0 radical (unpaired) electrons. The van der Waals surface area contributed by atoms with Crippen LogP contribution < -0.4 is 21.3 Å². The number of ether oxygens (including phenoxy) is 1. The van der Waals surface area contributed by atoms with E-state index in [-0.39, 0.29) is 16.7 Å². The molecule has 0 aliphatic rings. The van der Waals surface area contributed by atoms with E-state index in [4.69, 9.17) is 4.74 Å². The van der Waals surface area contributed by atoms with E-state index < -0.39 is 29.5 Å². The average Bonchev–Trinajstić information content (AvgIpc) is 2.76. The number of aryl methyl sites for hydroxylation is 2. The summed E-state index contributed by atoms with van der Waals surface area (Å²) in [6, 6.07) is 13.9. The highest BCUT2D eigenvalue weighted by atomic mass is 19.1. The first kappa shape index (κ1) is 21.9. The van der Waals surface area contributed by atoms with Crippen LogP contribution in [0.25, 0.3) is 16.7 Å². The lowest BCUT2D eigenvalue weighted by molar-refractivity contribution is -0.116. The predicted octanol–water partition coefficient (Wildman–Crippen LogP) is 2.95. The zero-order chi connectivity index (χ0) is 23.7. The van der Waals surface area contributed by atoms with E-state index in [1.54, 1.807) is 44.2 Å². The van der Waals surface area contributed by atoms with Gasteiger partial charge in [-0.1, -0.05) is 18.2 Å². The smallest absolute Gasteiger partial charge is 0.337 e. The zero-order valence-electron chi connectivity index (χ0n) is 18.3. The van der Waals surface area contributed by atoms with Crippen LogP contribution in [0.2, 0.25) is 0 Å². The van der Waals surface area contributed by atoms with Crippen molar-refractivity contribution in [2.75, 3.05) is 12.4 Å². The maximum Gasteiger partial charge on any atom is 0.337 e. The van der Waals surface area contributed by atoms with Crippen LogP contribution in [0.4, 0.5) is 10.1 Å². The summed E-state index contributed by atoms with van der Waals surface area (Å²) in [7, 11) is 1.47. The number of carbonyl (C=O) groups excluding carboxylic acids is 1. The molecular formula is C24H21FN4O4. The lowest BCUT2D eigenvalue weighted by Crippen LogP contribution is -2.42. The number of carbonyl (C=O) groups is 1. The van der Waals surface area contributed by atoms with Gasteiger partial charge in [-0.15, -0.1) is 0 Å². The first-order valence-electron chi connectivity index (χ1n) is 10.1. The van der Waals surface area contributed by atoms with Crippen molar-refractivity contribution >= 4 is 22.6 Å². The van der Waals surface area contributed by atoms with Gasteiger partial charge in [-0.2, -0.15) is 0 Å². The van der Waals surface area contributed by atoms with E-state index in [0.29, 0.717) is 22.7 Å². The van der Waals surface area contributed by atoms with E-state index in [2.05, 4.69) is 10.3 Å². The Morgan fingerprint density at radius 1 is 1.09 bits per heavy atom. The van der Waals surface area contributed by atoms with Crippen molar-refractivity contribution in [1.29, 1.82) is 0 Å². The molecule has 4 rings (SSSR count). The number of hydrogen-bond donors (Lipinski definition) is 1. The SMILES string of the molecule is COc1ccccc1-n1c(=O)n(CC(=O)Nc2cccc(F)c2)c(=O)c2c(C)cc(C)nc21. The maximum atomic E-state index is 13.5. The van der Waals surface area contributed by atoms with Crippen LogP contribution in [0.1, 0.15) is 11.3 Å². The third-order valence-electron chi connectivity index (χ3n) is 5.15. The number of benzene rings is 2. The second-order valence-electron chi connectivity index (χ2n) is 7.52. The molecule has 0 saturated carbocycles. The number of nitrogens with zero attached hydrogens (tertiary/aromatic N) is 3. The molecule has 1 N–H and O–H groups in total. The molecule has 33 heavy (non-hydrogen) atoms. The van der Waals surface area contributed by atoms with Crippen LogP contribution in [0, 0.1) is 19.7 Å². The van der Waals surface area contributed by atoms with Gasteiger partial charge in [-0.05, 0) is 55.8 Å². The molecule has 0 spiro atoms. The second kappa shape index (κ2) is 8.70. The number of nitrogens with one attached hydrogen (secondary N) is 1. The number of halogens is 1. The molecule has 0 saturated heterocycles. The molecule has 2 aromatic heterocycles. The quantitative estimate of drug-likeness (QED) is 0.507. The van der Waals surface area contributed by atoms with E-state index in [9.17, 15) is 18.8 Å². The monoisotopic (exact) mass is 448 g/mol. The topological polar surface area (TPSA) is 95.2 Å². The van der Waals surface area contributed by atoms with Crippen LogP contribution in [0.15, 0.2) is 64.2 Å². The number of hydrogen-bond acceptors (Lipinski definition) is 5. The van der Waals surface area contributed by atoms with Crippen LogP contribution >= 0.6 is 0 Å². The second-order valence-corrected chi connectivity index (χ2v) is 7.52. The van der Waals surface area contributed by atoms with Crippen LogP contribution in [-0.4, -0.2) is 27.1 Å². The molecule has 1 amide bonds. The molecule has 0 fully saturated rings. The predicted molar refractivity (Wildman–Crippen MR) is 123 cm³/mol. The number of methoxy groups -OCH3 is 1. The van der Waals surface area contributed by atoms with Crippen molar-refractivity contribution in [3.8, 4) is 11.4 Å². The summed E-state index contributed by atoms with van der Waals surface area (Å²) in [5.41, 5.74) is 0.631. The van der Waals surface area contributed by atoms with Gasteiger partial charge in [0.25, 0.3) is 5.56 Å². The first-order chi connectivity index (χ1) is 15.8. The Morgan fingerprint density at radius 2 is 1.85 bits per heavy atom. The lowest BCUT2D eigenvalue weighted by atomic mass is 10.1. The minimum atomic E-state index is -0.746. The van der Waals surface area contributed by atoms with Crippen molar-refractivity contribution in [1.82, 2.24) is 14.1 Å². The highest BCUT2D eigenvalue weighted by molar-refractivity contribution is 5.90. The number of fused-ring (bicyclic) bond motifs is 1. The zero-order valence-corrected chi connectivity index (χ0v) is 18.3. The molecule has 168 valence electrons. The number of amides is 1. The fourth-order valence-electron chi connectivity index (χ4n) is 3.76. The largest absolute Gasteiger partial charge is 0.495 e. The molecule has 4 aromatic rings. The summed E-state index contributed by atoms with van der Waals surface area (Å²) < 4.78 is 21.0. The number of anilines is 1. The van der Waals surface area contributed by atoms with Crippen LogP contribution in [0.3, 0.4) is 0 Å². The Morgan fingerprint density at radius 3 is 2.58 bits per heavy atom. The summed E-state index contributed by atoms with van der Waals surface area (Å²) in [6.07, 6.45) is 0. The van der Waals surface area contributed by atoms with Crippen molar-refractivity contribution in [2.24, 2.45) is 0 Å². The van der Waals surface area contributed by atoms with Gasteiger partial charge in [-0.25, -0.2) is 23.3 Å². The van der Waals surface area contributed by atoms with Crippen molar-refractivity contribution in [2.45, 2.75) is 20.4 Å². The molecule has 2 heterocycles. The van der Waals surface area contributed by atoms with Crippen LogP contribution in [-0.2, 0) is 11.3 Å². The van der Waals surface area contributed by atoms with Gasteiger partial charge in [0, 0.05) is 11.4 Å². The molecular weight excluding hydrogens is 427 g/mol. The summed E-state index contributed by atoms with van der Waals surface area (Å²) in [5.74, 6) is -0.772. The molecule has 0 atom stereocenters. The van der Waals surface area contributed by atoms with Crippen molar-refractivity contribution < 1.29 is 13.9 Å². The van der Waals surface area contributed by atoms with Gasteiger partial charge < -0.3 is 10.1 Å². The average molecular weight is 448 g/mol. The van der Waals surface area contributed by atoms with Gasteiger partial charge >= 0.3 is 5.69 Å². The van der Waals surface area contributed by atoms with E-state index >= 15 is 0 Å². The summed E-state index contributed by atoms with van der Waals surface area (Å²) in [6.45, 7) is 2.95. The lowest BCUT2D eigenvalue weighted by Gasteiger charge is -2.17. The van der Waals surface area contributed by atoms with Gasteiger partial charge in [0.05, 0.1) is 18.2 Å². The Labute approximate surface area is 187 Å². The van der Waals surface area contributed by atoms with Gasteiger partial charge in [0.1, 0.15) is 18.1 Å². The third kappa shape index (κ3) is 4.12. The summed E-state index contributed by atoms with van der Waals surface area (Å²) in [5, 5.41) is 2.72. The van der Waals surface area contributed by atoms with Crippen molar-refractivity contribution in [3.05, 3.63) is 92.5 Å². The van der Waals surface area contributed by atoms with E-state index in [0.717, 1.165) is 10.6 Å². The molecule has 0 aliphatic carbocycles. The number of pyridine rings is 1. The highest BCUT2D eigenvalue weighted by Crippen LogP contribution is 2.24. The number of rotatable bonds is 5.